The van der Waals surface area contributed by atoms with Crippen LogP contribution in [-0.4, -0.2) is 22.9 Å². The Labute approximate surface area is 106 Å². The smallest absolute Gasteiger partial charge is 0.143 e. The average Bonchev–Trinajstić information content (AvgIpc) is 2.22. The second-order valence-electron chi connectivity index (χ2n) is 3.37. The van der Waals surface area contributed by atoms with Gasteiger partial charge in [0.15, 0.2) is 0 Å². The molecule has 0 radical (unpaired) electrons. The van der Waals surface area contributed by atoms with Crippen LogP contribution in [0, 0.1) is 0 Å². The Hall–Kier alpha value is -0.100. The molecule has 0 aliphatic carbocycles. The molecule has 84 valence electrons. The topological polar surface area (TPSA) is 52.5 Å². The van der Waals surface area contributed by atoms with Crippen molar-refractivity contribution < 1.29 is 10.2 Å². The molecule has 0 saturated carbocycles. The summed E-state index contributed by atoms with van der Waals surface area (Å²) in [7, 11) is 0. The molecule has 1 rings (SSSR count). The number of benzene rings is 1. The zero-order chi connectivity index (χ0) is 11.4. The first-order valence-electron chi connectivity index (χ1n) is 4.55. The largest absolute Gasteiger partial charge is 0.506 e. The van der Waals surface area contributed by atoms with Crippen LogP contribution in [0.3, 0.4) is 0 Å². The van der Waals surface area contributed by atoms with Crippen LogP contribution in [0.5, 0.6) is 5.75 Å². The van der Waals surface area contributed by atoms with Gasteiger partial charge >= 0.3 is 0 Å². The van der Waals surface area contributed by atoms with Crippen molar-refractivity contribution in [1.82, 2.24) is 5.32 Å². The highest BCUT2D eigenvalue weighted by molar-refractivity contribution is 9.11. The molecule has 1 aromatic carbocycles. The lowest BCUT2D eigenvalue weighted by Gasteiger charge is -2.11. The van der Waals surface area contributed by atoms with Gasteiger partial charge in [-0.25, -0.2) is 0 Å². The van der Waals surface area contributed by atoms with Crippen LogP contribution in [-0.2, 0) is 6.54 Å². The highest BCUT2D eigenvalue weighted by atomic mass is 79.9. The fraction of sp³-hybridized carbons (Fsp3) is 0.400. The van der Waals surface area contributed by atoms with Gasteiger partial charge in [0.25, 0.3) is 0 Å². The molecule has 0 fully saturated rings. The Morgan fingerprint density at radius 1 is 1.33 bits per heavy atom. The summed E-state index contributed by atoms with van der Waals surface area (Å²) >= 11 is 6.53. The third kappa shape index (κ3) is 3.75. The summed E-state index contributed by atoms with van der Waals surface area (Å²) in [4.78, 5) is 0. The molecule has 0 spiro atoms. The van der Waals surface area contributed by atoms with Gasteiger partial charge in [-0.3, -0.25) is 0 Å². The van der Waals surface area contributed by atoms with E-state index in [0.717, 1.165) is 5.56 Å². The van der Waals surface area contributed by atoms with Crippen molar-refractivity contribution in [3.63, 3.8) is 0 Å². The first-order chi connectivity index (χ1) is 7.04. The maximum atomic E-state index is 9.50. The number of hydrogen-bond donors (Lipinski definition) is 3. The standard InChI is InChI=1S/C10H13Br2NO2/c1-6(5-14)13-4-7-2-8(11)10(15)9(12)3-7/h2-3,6,13-15H,4-5H2,1H3. The summed E-state index contributed by atoms with van der Waals surface area (Å²) in [6.45, 7) is 2.67. The number of phenolic OH excluding ortho intramolecular Hbond substituents is 1. The normalized spacial score (nSPS) is 12.8. The summed E-state index contributed by atoms with van der Waals surface area (Å²) < 4.78 is 1.32. The minimum absolute atomic E-state index is 0.0661. The van der Waals surface area contributed by atoms with Gasteiger partial charge in [0.05, 0.1) is 15.6 Å². The van der Waals surface area contributed by atoms with E-state index in [2.05, 4.69) is 37.2 Å². The molecule has 0 saturated heterocycles. The van der Waals surface area contributed by atoms with Crippen LogP contribution in [0.1, 0.15) is 12.5 Å². The van der Waals surface area contributed by atoms with E-state index >= 15 is 0 Å². The number of rotatable bonds is 4. The predicted octanol–water partition coefficient (Wildman–Crippen LogP) is 2.39. The Morgan fingerprint density at radius 3 is 2.33 bits per heavy atom. The number of aromatic hydroxyl groups is 1. The lowest BCUT2D eigenvalue weighted by Crippen LogP contribution is -2.28. The average molecular weight is 339 g/mol. The number of halogens is 2. The van der Waals surface area contributed by atoms with Crippen molar-refractivity contribution in [1.29, 1.82) is 0 Å². The molecule has 1 aromatic rings. The van der Waals surface area contributed by atoms with Crippen LogP contribution in [0.25, 0.3) is 0 Å². The quantitative estimate of drug-likeness (QED) is 0.790. The van der Waals surface area contributed by atoms with Crippen LogP contribution in [0.2, 0.25) is 0 Å². The highest BCUT2D eigenvalue weighted by Gasteiger charge is 2.06. The van der Waals surface area contributed by atoms with E-state index in [0.29, 0.717) is 15.5 Å². The molecule has 3 N–H and O–H groups in total. The molecule has 3 nitrogen and oxygen atoms in total. The second kappa shape index (κ2) is 5.84. The maximum Gasteiger partial charge on any atom is 0.143 e. The first kappa shape index (κ1) is 13.0. The monoisotopic (exact) mass is 337 g/mol. The van der Waals surface area contributed by atoms with Crippen LogP contribution in [0.15, 0.2) is 21.1 Å². The van der Waals surface area contributed by atoms with Gasteiger partial charge in [0, 0.05) is 12.6 Å². The van der Waals surface area contributed by atoms with Crippen LogP contribution < -0.4 is 5.32 Å². The van der Waals surface area contributed by atoms with E-state index in [1.165, 1.54) is 0 Å². The SMILES string of the molecule is CC(CO)NCc1cc(Br)c(O)c(Br)c1. The van der Waals surface area contributed by atoms with Crippen molar-refractivity contribution in [2.24, 2.45) is 0 Å². The van der Waals surface area contributed by atoms with Crippen molar-refractivity contribution in [3.8, 4) is 5.75 Å². The van der Waals surface area contributed by atoms with Crippen LogP contribution >= 0.6 is 31.9 Å². The minimum atomic E-state index is 0.0661. The zero-order valence-corrected chi connectivity index (χ0v) is 11.5. The number of aliphatic hydroxyl groups is 1. The Kier molecular flexibility index (Phi) is 5.05. The summed E-state index contributed by atoms with van der Waals surface area (Å²) in [5, 5.41) is 21.5. The summed E-state index contributed by atoms with van der Waals surface area (Å²) in [6.07, 6.45) is 0. The highest BCUT2D eigenvalue weighted by Crippen LogP contribution is 2.33. The summed E-state index contributed by atoms with van der Waals surface area (Å²) in [5.74, 6) is 0.203. The molecule has 0 aliphatic heterocycles. The Balaban J connectivity index is 2.70. The Bertz CT molecular complexity index is 321. The third-order valence-electron chi connectivity index (χ3n) is 2.01. The Morgan fingerprint density at radius 2 is 1.87 bits per heavy atom. The van der Waals surface area contributed by atoms with Gasteiger partial charge in [-0.1, -0.05) is 0 Å². The van der Waals surface area contributed by atoms with Gasteiger partial charge in [-0.05, 0) is 56.5 Å². The van der Waals surface area contributed by atoms with Crippen molar-refractivity contribution >= 4 is 31.9 Å². The lowest BCUT2D eigenvalue weighted by atomic mass is 10.2. The van der Waals surface area contributed by atoms with Gasteiger partial charge in [0.2, 0.25) is 0 Å². The van der Waals surface area contributed by atoms with Gasteiger partial charge in [-0.2, -0.15) is 0 Å². The summed E-state index contributed by atoms with van der Waals surface area (Å²) in [5.41, 5.74) is 1.03. The molecule has 0 heterocycles. The molecule has 0 aliphatic rings. The molecule has 0 amide bonds. The zero-order valence-electron chi connectivity index (χ0n) is 8.30. The third-order valence-corrected chi connectivity index (χ3v) is 3.21. The molecule has 5 heteroatoms. The number of phenols is 1. The van der Waals surface area contributed by atoms with E-state index in [1.807, 2.05) is 19.1 Å². The van der Waals surface area contributed by atoms with Crippen molar-refractivity contribution in [3.05, 3.63) is 26.6 Å². The van der Waals surface area contributed by atoms with E-state index in [1.54, 1.807) is 0 Å². The minimum Gasteiger partial charge on any atom is -0.506 e. The van der Waals surface area contributed by atoms with Crippen molar-refractivity contribution in [2.75, 3.05) is 6.61 Å². The molecular formula is C10H13Br2NO2. The van der Waals surface area contributed by atoms with Gasteiger partial charge in [0.1, 0.15) is 5.75 Å². The van der Waals surface area contributed by atoms with Gasteiger partial charge < -0.3 is 15.5 Å². The van der Waals surface area contributed by atoms with E-state index in [4.69, 9.17) is 5.11 Å². The van der Waals surface area contributed by atoms with E-state index < -0.39 is 0 Å². The second-order valence-corrected chi connectivity index (χ2v) is 5.08. The summed E-state index contributed by atoms with van der Waals surface area (Å²) in [6, 6.07) is 3.75. The lowest BCUT2D eigenvalue weighted by molar-refractivity contribution is 0.251. The molecule has 0 bridgehead atoms. The molecule has 1 atom stereocenters. The van der Waals surface area contributed by atoms with Crippen LogP contribution in [0.4, 0.5) is 0 Å². The molecule has 0 aromatic heterocycles. The predicted molar refractivity (Wildman–Crippen MR) is 66.9 cm³/mol. The fourth-order valence-electron chi connectivity index (χ4n) is 1.08. The van der Waals surface area contributed by atoms with Gasteiger partial charge in [-0.15, -0.1) is 0 Å². The number of aliphatic hydroxyl groups excluding tert-OH is 1. The first-order valence-corrected chi connectivity index (χ1v) is 6.14. The van der Waals surface area contributed by atoms with E-state index in [-0.39, 0.29) is 18.4 Å². The number of nitrogens with one attached hydrogen (secondary N) is 1. The molecular weight excluding hydrogens is 326 g/mol. The molecule has 1 unspecified atom stereocenters. The number of hydrogen-bond acceptors (Lipinski definition) is 3. The fourth-order valence-corrected chi connectivity index (χ4v) is 2.36. The maximum absolute atomic E-state index is 9.50. The molecule has 15 heavy (non-hydrogen) atoms. The van der Waals surface area contributed by atoms with E-state index in [9.17, 15) is 5.11 Å². The van der Waals surface area contributed by atoms with Crippen molar-refractivity contribution in [2.45, 2.75) is 19.5 Å².